The van der Waals surface area contributed by atoms with E-state index in [4.69, 9.17) is 16.3 Å². The summed E-state index contributed by atoms with van der Waals surface area (Å²) in [5.74, 6) is 0.792. The number of halogens is 1. The lowest BCUT2D eigenvalue weighted by Gasteiger charge is -2.07. The van der Waals surface area contributed by atoms with Crippen molar-refractivity contribution in [1.29, 1.82) is 0 Å². The van der Waals surface area contributed by atoms with E-state index >= 15 is 0 Å². The second-order valence-corrected chi connectivity index (χ2v) is 4.47. The van der Waals surface area contributed by atoms with Crippen molar-refractivity contribution in [2.75, 3.05) is 7.11 Å². The van der Waals surface area contributed by atoms with Gasteiger partial charge >= 0.3 is 0 Å². The van der Waals surface area contributed by atoms with Crippen molar-refractivity contribution in [3.63, 3.8) is 0 Å². The smallest absolute Gasteiger partial charge is 0.160 e. The molecule has 2 heterocycles. The van der Waals surface area contributed by atoms with E-state index in [0.29, 0.717) is 10.8 Å². The van der Waals surface area contributed by atoms with Crippen molar-refractivity contribution in [1.82, 2.24) is 9.97 Å². The fourth-order valence-electron chi connectivity index (χ4n) is 1.98. The zero-order chi connectivity index (χ0) is 13.2. The van der Waals surface area contributed by atoms with Crippen LogP contribution >= 0.6 is 11.6 Å². The van der Waals surface area contributed by atoms with Gasteiger partial charge in [-0.05, 0) is 35.9 Å². The normalized spacial score (nSPS) is 10.6. The van der Waals surface area contributed by atoms with Gasteiger partial charge in [-0.1, -0.05) is 23.7 Å². The average molecular weight is 271 g/mol. The predicted molar refractivity (Wildman–Crippen MR) is 76.5 cm³/mol. The van der Waals surface area contributed by atoms with E-state index in [1.165, 1.54) is 0 Å². The minimum absolute atomic E-state index is 0.444. The van der Waals surface area contributed by atoms with Gasteiger partial charge in [0.25, 0.3) is 0 Å². The summed E-state index contributed by atoms with van der Waals surface area (Å²) >= 11 is 6.24. The molecule has 0 unspecified atom stereocenters. The number of hydrogen-bond acceptors (Lipinski definition) is 3. The lowest BCUT2D eigenvalue weighted by molar-refractivity contribution is 0.415. The van der Waals surface area contributed by atoms with Gasteiger partial charge in [0.1, 0.15) is 10.9 Å². The largest absolute Gasteiger partial charge is 0.497 e. The van der Waals surface area contributed by atoms with Gasteiger partial charge in [-0.3, -0.25) is 0 Å². The Kier molecular flexibility index (Phi) is 3.05. The maximum Gasteiger partial charge on any atom is 0.160 e. The van der Waals surface area contributed by atoms with Crippen LogP contribution in [0.2, 0.25) is 5.15 Å². The first-order chi connectivity index (χ1) is 9.28. The van der Waals surface area contributed by atoms with Gasteiger partial charge in [0.15, 0.2) is 5.65 Å². The number of pyridine rings is 2. The number of nitrogens with zero attached hydrogens (tertiary/aromatic N) is 2. The maximum atomic E-state index is 6.24. The molecule has 0 spiro atoms. The SMILES string of the molecule is COc1cccc(-c2cc3cccnc3nc2Cl)c1. The van der Waals surface area contributed by atoms with Crippen LogP contribution in [0, 0.1) is 0 Å². The average Bonchev–Trinajstić information content (AvgIpc) is 2.46. The number of benzene rings is 1. The van der Waals surface area contributed by atoms with Crippen molar-refractivity contribution in [2.24, 2.45) is 0 Å². The maximum absolute atomic E-state index is 6.24. The molecule has 3 aromatic rings. The van der Waals surface area contributed by atoms with E-state index in [2.05, 4.69) is 9.97 Å². The van der Waals surface area contributed by atoms with Crippen molar-refractivity contribution in [2.45, 2.75) is 0 Å². The van der Waals surface area contributed by atoms with Crippen LogP contribution in [0.15, 0.2) is 48.7 Å². The van der Waals surface area contributed by atoms with Crippen LogP contribution in [0.1, 0.15) is 0 Å². The molecule has 0 saturated heterocycles. The molecule has 0 bridgehead atoms. The third-order valence-corrected chi connectivity index (χ3v) is 3.21. The Morgan fingerprint density at radius 1 is 1.11 bits per heavy atom. The lowest BCUT2D eigenvalue weighted by Crippen LogP contribution is -1.89. The summed E-state index contributed by atoms with van der Waals surface area (Å²) in [5.41, 5.74) is 2.50. The molecule has 0 saturated carbocycles. The van der Waals surface area contributed by atoms with Gasteiger partial charge in [-0.15, -0.1) is 0 Å². The monoisotopic (exact) mass is 270 g/mol. The van der Waals surface area contributed by atoms with E-state index in [-0.39, 0.29) is 0 Å². The number of ether oxygens (including phenoxy) is 1. The Morgan fingerprint density at radius 3 is 2.84 bits per heavy atom. The predicted octanol–water partition coefficient (Wildman–Crippen LogP) is 3.96. The summed E-state index contributed by atoms with van der Waals surface area (Å²) in [7, 11) is 1.64. The lowest BCUT2D eigenvalue weighted by atomic mass is 10.1. The van der Waals surface area contributed by atoms with E-state index in [0.717, 1.165) is 22.3 Å². The Labute approximate surface area is 115 Å². The molecule has 4 heteroatoms. The Hall–Kier alpha value is -2.13. The van der Waals surface area contributed by atoms with Gasteiger partial charge in [0, 0.05) is 17.1 Å². The molecule has 0 atom stereocenters. The molecular formula is C15H11ClN2O. The van der Waals surface area contributed by atoms with Crippen molar-refractivity contribution < 1.29 is 4.74 Å². The highest BCUT2D eigenvalue weighted by Crippen LogP contribution is 2.31. The molecule has 0 aliphatic carbocycles. The van der Waals surface area contributed by atoms with Crippen LogP contribution in [0.3, 0.4) is 0 Å². The molecular weight excluding hydrogens is 260 g/mol. The number of methoxy groups -OCH3 is 1. The van der Waals surface area contributed by atoms with Crippen LogP contribution < -0.4 is 4.74 Å². The molecule has 3 rings (SSSR count). The number of aromatic nitrogens is 2. The molecule has 0 N–H and O–H groups in total. The minimum Gasteiger partial charge on any atom is -0.497 e. The highest BCUT2D eigenvalue weighted by Gasteiger charge is 2.08. The fraction of sp³-hybridized carbons (Fsp3) is 0.0667. The van der Waals surface area contributed by atoms with Crippen LogP contribution in [0.25, 0.3) is 22.2 Å². The summed E-state index contributed by atoms with van der Waals surface area (Å²) in [4.78, 5) is 8.51. The van der Waals surface area contributed by atoms with Crippen LogP contribution in [-0.2, 0) is 0 Å². The van der Waals surface area contributed by atoms with Crippen molar-refractivity contribution >= 4 is 22.6 Å². The van der Waals surface area contributed by atoms with Gasteiger partial charge in [-0.25, -0.2) is 9.97 Å². The van der Waals surface area contributed by atoms with Gasteiger partial charge in [0.2, 0.25) is 0 Å². The Bertz CT molecular complexity index is 743. The third-order valence-electron chi connectivity index (χ3n) is 2.92. The molecule has 0 radical (unpaired) electrons. The van der Waals surface area contributed by atoms with E-state index in [1.807, 2.05) is 42.5 Å². The molecule has 1 aromatic carbocycles. The van der Waals surface area contributed by atoms with Gasteiger partial charge in [0.05, 0.1) is 7.11 Å². The first-order valence-corrected chi connectivity index (χ1v) is 6.21. The van der Waals surface area contributed by atoms with Gasteiger partial charge in [-0.2, -0.15) is 0 Å². The molecule has 0 aliphatic heterocycles. The summed E-state index contributed by atoms with van der Waals surface area (Å²) in [6.07, 6.45) is 1.71. The third kappa shape index (κ3) is 2.25. The minimum atomic E-state index is 0.444. The van der Waals surface area contributed by atoms with Crippen LogP contribution in [0.4, 0.5) is 0 Å². The second kappa shape index (κ2) is 4.86. The standard InChI is InChI=1S/C15H11ClN2O/c1-19-12-6-2-4-10(8-12)13-9-11-5-3-7-17-15(11)18-14(13)16/h2-9H,1H3. The number of hydrogen-bond donors (Lipinski definition) is 0. The molecule has 19 heavy (non-hydrogen) atoms. The molecule has 0 amide bonds. The number of fused-ring (bicyclic) bond motifs is 1. The van der Waals surface area contributed by atoms with Gasteiger partial charge < -0.3 is 4.74 Å². The number of rotatable bonds is 2. The quantitative estimate of drug-likeness (QED) is 0.661. The topological polar surface area (TPSA) is 35.0 Å². The second-order valence-electron chi connectivity index (χ2n) is 4.11. The van der Waals surface area contributed by atoms with E-state index in [9.17, 15) is 0 Å². The van der Waals surface area contributed by atoms with Crippen molar-refractivity contribution in [3.05, 3.63) is 53.8 Å². The molecule has 2 aromatic heterocycles. The zero-order valence-electron chi connectivity index (χ0n) is 10.3. The Balaban J connectivity index is 2.20. The van der Waals surface area contributed by atoms with Crippen LogP contribution in [-0.4, -0.2) is 17.1 Å². The summed E-state index contributed by atoms with van der Waals surface area (Å²) < 4.78 is 5.23. The Morgan fingerprint density at radius 2 is 2.00 bits per heavy atom. The highest BCUT2D eigenvalue weighted by atomic mass is 35.5. The molecule has 3 nitrogen and oxygen atoms in total. The molecule has 94 valence electrons. The van der Waals surface area contributed by atoms with E-state index in [1.54, 1.807) is 13.3 Å². The fourth-order valence-corrected chi connectivity index (χ4v) is 2.22. The van der Waals surface area contributed by atoms with E-state index < -0.39 is 0 Å². The first-order valence-electron chi connectivity index (χ1n) is 5.83. The first kappa shape index (κ1) is 11.9. The van der Waals surface area contributed by atoms with Crippen molar-refractivity contribution in [3.8, 4) is 16.9 Å². The molecule has 0 fully saturated rings. The summed E-state index contributed by atoms with van der Waals surface area (Å²) in [6.45, 7) is 0. The summed E-state index contributed by atoms with van der Waals surface area (Å²) in [6, 6.07) is 13.6. The summed E-state index contributed by atoms with van der Waals surface area (Å²) in [5, 5.41) is 1.41. The zero-order valence-corrected chi connectivity index (χ0v) is 11.1. The van der Waals surface area contributed by atoms with Crippen LogP contribution in [0.5, 0.6) is 5.75 Å². The highest BCUT2D eigenvalue weighted by molar-refractivity contribution is 6.32. The molecule has 0 aliphatic rings.